The summed E-state index contributed by atoms with van der Waals surface area (Å²) in [6.07, 6.45) is 43.3. The Morgan fingerprint density at radius 2 is 0.512 bits per heavy atom. The second kappa shape index (κ2) is 12.8. The molecule has 41 heavy (non-hydrogen) atoms. The quantitative estimate of drug-likeness (QED) is 0.321. The van der Waals surface area contributed by atoms with E-state index in [1.165, 1.54) is 0 Å². The van der Waals surface area contributed by atoms with Gasteiger partial charge >= 0.3 is 0 Å². The van der Waals surface area contributed by atoms with E-state index in [0.717, 1.165) is 82.9 Å². The maximum absolute atomic E-state index is 1.67. The molecule has 0 aromatic heterocycles. The molecular formula is C41H68. The van der Waals surface area contributed by atoms with Crippen LogP contribution in [0.4, 0.5) is 0 Å². The van der Waals surface area contributed by atoms with Gasteiger partial charge in [0.2, 0.25) is 0 Å². The van der Waals surface area contributed by atoms with Gasteiger partial charge in [0.15, 0.2) is 0 Å². The fraction of sp³-hybridized carbons (Fsp3) is 1.00. The van der Waals surface area contributed by atoms with E-state index in [9.17, 15) is 0 Å². The van der Waals surface area contributed by atoms with Crippen LogP contribution in [-0.2, 0) is 0 Å². The van der Waals surface area contributed by atoms with Crippen molar-refractivity contribution in [3.05, 3.63) is 0 Å². The summed E-state index contributed by atoms with van der Waals surface area (Å²) < 4.78 is 0. The van der Waals surface area contributed by atoms with Gasteiger partial charge in [0.25, 0.3) is 0 Å². The van der Waals surface area contributed by atoms with E-state index in [-0.39, 0.29) is 0 Å². The van der Waals surface area contributed by atoms with Crippen molar-refractivity contribution in [2.45, 2.75) is 173 Å². The maximum Gasteiger partial charge on any atom is -0.0321 e. The molecule has 0 saturated heterocycles. The summed E-state index contributed by atoms with van der Waals surface area (Å²) in [5, 5.41) is 0. The standard InChI is InChI=1S/C41H68/c1-2-12-28(11-1)30-21-24-31(25-22-30)34-15-5-6-16-35(34)41-38-19-9-7-17-36(38)40(37-18-8-10-20-39(37)41)33-26-23-29-13-3-4-14-32(29)27-33/h28-41H,1-27H2. The Labute approximate surface area is 255 Å². The molecule has 0 heteroatoms. The van der Waals surface area contributed by atoms with Crippen LogP contribution in [0.1, 0.15) is 173 Å². The topological polar surface area (TPSA) is 0 Å². The average molecular weight is 561 g/mol. The van der Waals surface area contributed by atoms with Gasteiger partial charge < -0.3 is 0 Å². The van der Waals surface area contributed by atoms with Gasteiger partial charge in [-0.05, 0) is 166 Å². The van der Waals surface area contributed by atoms with Crippen LogP contribution in [0.3, 0.4) is 0 Å². The van der Waals surface area contributed by atoms with Crippen molar-refractivity contribution >= 4 is 0 Å². The summed E-state index contributed by atoms with van der Waals surface area (Å²) in [6.45, 7) is 0. The summed E-state index contributed by atoms with van der Waals surface area (Å²) in [4.78, 5) is 0. The molecule has 0 spiro atoms. The molecule has 8 fully saturated rings. The van der Waals surface area contributed by atoms with Gasteiger partial charge in [0.1, 0.15) is 0 Å². The van der Waals surface area contributed by atoms with Crippen molar-refractivity contribution in [3.8, 4) is 0 Å². The molecule has 0 amide bonds. The van der Waals surface area contributed by atoms with Gasteiger partial charge in [-0.15, -0.1) is 0 Å². The number of rotatable bonds is 4. The van der Waals surface area contributed by atoms with Crippen LogP contribution in [-0.4, -0.2) is 0 Å². The van der Waals surface area contributed by atoms with Gasteiger partial charge in [-0.3, -0.25) is 0 Å². The molecule has 9 unspecified atom stereocenters. The van der Waals surface area contributed by atoms with Gasteiger partial charge in [-0.25, -0.2) is 0 Å². The normalized spacial score (nSPS) is 51.4. The first-order valence-corrected chi connectivity index (χ1v) is 20.3. The lowest BCUT2D eigenvalue weighted by Gasteiger charge is -2.62. The van der Waals surface area contributed by atoms with Gasteiger partial charge in [0, 0.05) is 0 Å². The van der Waals surface area contributed by atoms with Crippen molar-refractivity contribution < 1.29 is 0 Å². The van der Waals surface area contributed by atoms with Crippen LogP contribution < -0.4 is 0 Å². The van der Waals surface area contributed by atoms with E-state index in [0.29, 0.717) is 0 Å². The zero-order valence-corrected chi connectivity index (χ0v) is 27.2. The highest BCUT2D eigenvalue weighted by Crippen LogP contribution is 2.64. The van der Waals surface area contributed by atoms with Gasteiger partial charge in [-0.2, -0.15) is 0 Å². The minimum atomic E-state index is 1.11. The maximum atomic E-state index is 1.67. The first kappa shape index (κ1) is 28.5. The highest BCUT2D eigenvalue weighted by atomic mass is 14.6. The molecule has 0 N–H and O–H groups in total. The molecule has 8 aliphatic rings. The predicted molar refractivity (Wildman–Crippen MR) is 174 cm³/mol. The third-order valence-electron chi connectivity index (χ3n) is 16.7. The van der Waals surface area contributed by atoms with Gasteiger partial charge in [-0.1, -0.05) is 89.9 Å². The summed E-state index contributed by atoms with van der Waals surface area (Å²) in [6, 6.07) is 0. The molecule has 0 nitrogen and oxygen atoms in total. The van der Waals surface area contributed by atoms with E-state index < -0.39 is 0 Å². The lowest BCUT2D eigenvalue weighted by molar-refractivity contribution is -0.130. The molecule has 0 radical (unpaired) electrons. The summed E-state index contributed by atoms with van der Waals surface area (Å²) in [5.74, 6) is 15.8. The first-order valence-electron chi connectivity index (χ1n) is 20.3. The van der Waals surface area contributed by atoms with Crippen LogP contribution >= 0.6 is 0 Å². The molecule has 8 saturated carbocycles. The Bertz CT molecular complexity index is 805. The number of hydrogen-bond acceptors (Lipinski definition) is 0. The third kappa shape index (κ3) is 5.55. The van der Waals surface area contributed by atoms with Crippen LogP contribution in [0.15, 0.2) is 0 Å². The minimum Gasteiger partial charge on any atom is -0.0530 e. The highest BCUT2D eigenvalue weighted by molar-refractivity contribution is 5.05. The lowest BCUT2D eigenvalue weighted by atomic mass is 9.43. The van der Waals surface area contributed by atoms with Crippen LogP contribution in [0.25, 0.3) is 0 Å². The smallest absolute Gasteiger partial charge is 0.0321 e. The number of hydrogen-bond donors (Lipinski definition) is 0. The molecule has 8 rings (SSSR count). The van der Waals surface area contributed by atoms with Crippen molar-refractivity contribution in [1.82, 2.24) is 0 Å². The Hall–Kier alpha value is 0. The largest absolute Gasteiger partial charge is 0.0530 e. The van der Waals surface area contributed by atoms with E-state index in [1.54, 1.807) is 173 Å². The van der Waals surface area contributed by atoms with E-state index in [2.05, 4.69) is 0 Å². The summed E-state index contributed by atoms with van der Waals surface area (Å²) >= 11 is 0. The SMILES string of the molecule is C1CCC(C2CCC(C3CCCCC3C3C4CCCCC4C(C4CCC5CCCCC5C4)C4CCCCC43)CC2)C1. The Morgan fingerprint density at radius 1 is 0.195 bits per heavy atom. The van der Waals surface area contributed by atoms with E-state index in [4.69, 9.17) is 0 Å². The second-order valence-electron chi connectivity index (χ2n) is 18.1. The summed E-state index contributed by atoms with van der Waals surface area (Å²) in [7, 11) is 0. The van der Waals surface area contributed by atoms with Crippen LogP contribution in [0.5, 0.6) is 0 Å². The van der Waals surface area contributed by atoms with Crippen molar-refractivity contribution in [3.63, 3.8) is 0 Å². The molecule has 9 atom stereocenters. The number of fused-ring (bicyclic) bond motifs is 3. The molecule has 0 bridgehead atoms. The molecule has 232 valence electrons. The first-order chi connectivity index (χ1) is 20.3. The Balaban J connectivity index is 1.04. The lowest BCUT2D eigenvalue weighted by Crippen LogP contribution is -2.55. The Kier molecular flexibility index (Phi) is 8.87. The predicted octanol–water partition coefficient (Wildman–Crippen LogP) is 12.3. The van der Waals surface area contributed by atoms with E-state index >= 15 is 0 Å². The van der Waals surface area contributed by atoms with E-state index in [1.807, 2.05) is 0 Å². The molecule has 0 heterocycles. The highest BCUT2D eigenvalue weighted by Gasteiger charge is 2.56. The molecule has 8 aliphatic carbocycles. The van der Waals surface area contributed by atoms with Crippen molar-refractivity contribution in [2.24, 2.45) is 82.9 Å². The van der Waals surface area contributed by atoms with Crippen LogP contribution in [0, 0.1) is 82.9 Å². The Morgan fingerprint density at radius 3 is 1.05 bits per heavy atom. The zero-order chi connectivity index (χ0) is 27.2. The second-order valence-corrected chi connectivity index (χ2v) is 18.1. The molecular weight excluding hydrogens is 492 g/mol. The fourth-order valence-electron chi connectivity index (χ4n) is 15.2. The molecule has 0 aromatic rings. The minimum absolute atomic E-state index is 1.11. The summed E-state index contributed by atoms with van der Waals surface area (Å²) in [5.41, 5.74) is 0. The zero-order valence-electron chi connectivity index (χ0n) is 27.2. The monoisotopic (exact) mass is 561 g/mol. The van der Waals surface area contributed by atoms with Crippen LogP contribution in [0.2, 0.25) is 0 Å². The van der Waals surface area contributed by atoms with Crippen molar-refractivity contribution in [1.29, 1.82) is 0 Å². The fourth-order valence-corrected chi connectivity index (χ4v) is 15.2. The van der Waals surface area contributed by atoms with Gasteiger partial charge in [0.05, 0.1) is 0 Å². The third-order valence-corrected chi connectivity index (χ3v) is 16.7. The molecule has 0 aliphatic heterocycles. The van der Waals surface area contributed by atoms with Crippen molar-refractivity contribution in [2.75, 3.05) is 0 Å². The molecule has 0 aromatic carbocycles. The average Bonchev–Trinajstić information content (AvgIpc) is 3.59.